The van der Waals surface area contributed by atoms with Gasteiger partial charge in [-0.3, -0.25) is 18.6 Å². The smallest absolute Gasteiger partial charge is 0.472 e. The SMILES string of the molecule is CC/C=C\C/C=C\C/C=C\C/C=C\CCCCCCCCCCCCCOCC(COP(=O)(O)OCC(N)C(=O)O)OC(=O)CCCCCCC/C=C\CCCCC. The zero-order valence-corrected chi connectivity index (χ0v) is 37.5. The minimum Gasteiger partial charge on any atom is -0.480 e. The molecule has 0 bridgehead atoms. The number of carbonyl (C=O) groups excluding carboxylic acids is 1. The minimum atomic E-state index is -4.62. The highest BCUT2D eigenvalue weighted by atomic mass is 31.2. The van der Waals surface area contributed by atoms with Crippen LogP contribution in [0.3, 0.4) is 0 Å². The molecule has 4 N–H and O–H groups in total. The number of esters is 1. The Morgan fingerprint density at radius 3 is 1.52 bits per heavy atom. The molecule has 0 amide bonds. The second kappa shape index (κ2) is 42.8. The fraction of sp³-hybridized carbons (Fsp3) is 0.745. The standard InChI is InChI=1S/C47H84NO9P/c1-3-5-7-9-11-13-15-17-18-19-20-21-22-23-24-25-26-27-28-30-32-34-36-38-40-54-41-44(42-55-58(52,53)56-43-45(48)47(50)51)57-46(49)39-37-35-33-31-29-16-14-12-10-8-6-4-2/h5,7,11-14,17-18,20-21,44-45H,3-4,6,8-10,15-16,19,22-43,48H2,1-2H3,(H,50,51)(H,52,53)/b7-5-,13-11-,14-12-,18-17-,21-20-. The number of rotatable bonds is 43. The number of nitrogens with two attached hydrogens (primary N) is 1. The molecule has 0 spiro atoms. The van der Waals surface area contributed by atoms with Gasteiger partial charge in [-0.2, -0.15) is 0 Å². The number of aliphatic carboxylic acids is 1. The molecule has 0 aliphatic carbocycles. The predicted octanol–water partition coefficient (Wildman–Crippen LogP) is 12.8. The Morgan fingerprint density at radius 1 is 0.569 bits per heavy atom. The Balaban J connectivity index is 4.13. The molecule has 10 nitrogen and oxygen atoms in total. The summed E-state index contributed by atoms with van der Waals surface area (Å²) in [5.41, 5.74) is 5.35. The summed E-state index contributed by atoms with van der Waals surface area (Å²) in [4.78, 5) is 33.5. The van der Waals surface area contributed by atoms with Crippen molar-refractivity contribution in [3.05, 3.63) is 60.8 Å². The van der Waals surface area contributed by atoms with E-state index in [-0.39, 0.29) is 13.0 Å². The number of carboxylic acid groups (broad SMARTS) is 1. The van der Waals surface area contributed by atoms with E-state index in [9.17, 15) is 19.0 Å². The van der Waals surface area contributed by atoms with Crippen LogP contribution in [0.1, 0.15) is 187 Å². The maximum atomic E-state index is 12.6. The van der Waals surface area contributed by atoms with E-state index in [2.05, 4.69) is 74.6 Å². The van der Waals surface area contributed by atoms with Gasteiger partial charge in [-0.25, -0.2) is 4.57 Å². The zero-order valence-electron chi connectivity index (χ0n) is 36.6. The normalized spacial score (nSPS) is 14.4. The second-order valence-electron chi connectivity index (χ2n) is 15.1. The average molecular weight is 838 g/mol. The number of carbonyl (C=O) groups is 2. The van der Waals surface area contributed by atoms with Gasteiger partial charge in [0.15, 0.2) is 0 Å². The van der Waals surface area contributed by atoms with Crippen molar-refractivity contribution in [3.8, 4) is 0 Å². The molecule has 0 aliphatic heterocycles. The molecule has 0 heterocycles. The Labute approximate surface area is 353 Å². The van der Waals surface area contributed by atoms with E-state index in [1.54, 1.807) is 0 Å². The molecule has 336 valence electrons. The topological polar surface area (TPSA) is 155 Å². The quantitative estimate of drug-likeness (QED) is 0.0234. The number of phosphoric acid groups is 1. The summed E-state index contributed by atoms with van der Waals surface area (Å²) in [5.74, 6) is -1.79. The van der Waals surface area contributed by atoms with Crippen molar-refractivity contribution in [3.63, 3.8) is 0 Å². The number of hydrogen-bond donors (Lipinski definition) is 3. The molecule has 0 aliphatic rings. The summed E-state index contributed by atoms with van der Waals surface area (Å²) in [5, 5.41) is 8.90. The number of ether oxygens (including phenoxy) is 2. The van der Waals surface area contributed by atoms with Crippen molar-refractivity contribution in [1.29, 1.82) is 0 Å². The van der Waals surface area contributed by atoms with Gasteiger partial charge in [0, 0.05) is 13.0 Å². The Bertz CT molecular complexity index is 1150. The molecule has 0 aromatic carbocycles. The Hall–Kier alpha value is -2.33. The highest BCUT2D eigenvalue weighted by Gasteiger charge is 2.27. The van der Waals surface area contributed by atoms with Gasteiger partial charge in [-0.15, -0.1) is 0 Å². The third-order valence-electron chi connectivity index (χ3n) is 9.53. The molecule has 0 fully saturated rings. The van der Waals surface area contributed by atoms with Gasteiger partial charge in [-0.05, 0) is 77.0 Å². The van der Waals surface area contributed by atoms with Crippen LogP contribution in [0.2, 0.25) is 0 Å². The van der Waals surface area contributed by atoms with Crippen molar-refractivity contribution in [1.82, 2.24) is 0 Å². The van der Waals surface area contributed by atoms with E-state index >= 15 is 0 Å². The largest absolute Gasteiger partial charge is 0.480 e. The monoisotopic (exact) mass is 838 g/mol. The molecule has 0 rings (SSSR count). The van der Waals surface area contributed by atoms with Gasteiger partial charge >= 0.3 is 19.8 Å². The van der Waals surface area contributed by atoms with Gasteiger partial charge in [-0.1, -0.05) is 164 Å². The number of phosphoric ester groups is 1. The third kappa shape index (κ3) is 41.8. The third-order valence-corrected chi connectivity index (χ3v) is 10.5. The molecule has 0 saturated carbocycles. The lowest BCUT2D eigenvalue weighted by atomic mass is 10.1. The molecule has 3 unspecified atom stereocenters. The van der Waals surface area contributed by atoms with Crippen LogP contribution in [0.15, 0.2) is 60.8 Å². The molecule has 0 aromatic rings. The van der Waals surface area contributed by atoms with Crippen LogP contribution in [0.5, 0.6) is 0 Å². The predicted molar refractivity (Wildman–Crippen MR) is 240 cm³/mol. The van der Waals surface area contributed by atoms with Gasteiger partial charge in [0.2, 0.25) is 0 Å². The van der Waals surface area contributed by atoms with E-state index < -0.39 is 45.1 Å². The maximum absolute atomic E-state index is 12.6. The first-order valence-corrected chi connectivity index (χ1v) is 24.3. The summed E-state index contributed by atoms with van der Waals surface area (Å²) < 4.78 is 33.3. The maximum Gasteiger partial charge on any atom is 0.472 e. The highest BCUT2D eigenvalue weighted by Crippen LogP contribution is 2.43. The molecule has 58 heavy (non-hydrogen) atoms. The minimum absolute atomic E-state index is 0.00971. The van der Waals surface area contributed by atoms with Crippen LogP contribution < -0.4 is 5.73 Å². The van der Waals surface area contributed by atoms with E-state index in [1.165, 1.54) is 77.0 Å². The van der Waals surface area contributed by atoms with E-state index in [0.717, 1.165) is 83.5 Å². The van der Waals surface area contributed by atoms with Crippen LogP contribution in [-0.2, 0) is 32.7 Å². The summed E-state index contributed by atoms with van der Waals surface area (Å²) >= 11 is 0. The lowest BCUT2D eigenvalue weighted by Gasteiger charge is -2.20. The molecule has 0 saturated heterocycles. The van der Waals surface area contributed by atoms with Crippen LogP contribution in [0.4, 0.5) is 0 Å². The van der Waals surface area contributed by atoms with E-state index in [1.807, 2.05) is 0 Å². The van der Waals surface area contributed by atoms with Crippen molar-refractivity contribution in [2.24, 2.45) is 5.73 Å². The van der Waals surface area contributed by atoms with Crippen LogP contribution in [0.25, 0.3) is 0 Å². The molecule has 3 atom stereocenters. The van der Waals surface area contributed by atoms with Gasteiger partial charge in [0.05, 0.1) is 19.8 Å². The lowest BCUT2D eigenvalue weighted by Crippen LogP contribution is -2.34. The first kappa shape index (κ1) is 55.7. The van der Waals surface area contributed by atoms with Crippen LogP contribution in [0, 0.1) is 0 Å². The van der Waals surface area contributed by atoms with Gasteiger partial charge in [0.25, 0.3) is 0 Å². The molecule has 0 aromatic heterocycles. The van der Waals surface area contributed by atoms with E-state index in [0.29, 0.717) is 13.0 Å². The molecule has 11 heteroatoms. The fourth-order valence-corrected chi connectivity index (χ4v) is 6.78. The average Bonchev–Trinajstić information content (AvgIpc) is 3.20. The molecular weight excluding hydrogens is 753 g/mol. The van der Waals surface area contributed by atoms with Crippen molar-refractivity contribution >= 4 is 19.8 Å². The van der Waals surface area contributed by atoms with Crippen LogP contribution >= 0.6 is 7.82 Å². The zero-order chi connectivity index (χ0) is 42.6. The van der Waals surface area contributed by atoms with Crippen molar-refractivity contribution in [2.75, 3.05) is 26.4 Å². The Kier molecular flexibility index (Phi) is 41.1. The summed E-state index contributed by atoms with van der Waals surface area (Å²) in [6, 6.07) is -1.48. The fourth-order valence-electron chi connectivity index (χ4n) is 6.00. The first-order chi connectivity index (χ1) is 28.2. The van der Waals surface area contributed by atoms with Crippen LogP contribution in [-0.4, -0.2) is 60.5 Å². The van der Waals surface area contributed by atoms with Gasteiger partial charge < -0.3 is 25.2 Å². The Morgan fingerprint density at radius 2 is 1.00 bits per heavy atom. The van der Waals surface area contributed by atoms with Crippen molar-refractivity contribution in [2.45, 2.75) is 199 Å². The summed E-state index contributed by atoms with van der Waals surface area (Å²) in [6.45, 7) is 3.72. The second-order valence-corrected chi connectivity index (χ2v) is 16.6. The number of carboxylic acids is 1. The highest BCUT2D eigenvalue weighted by molar-refractivity contribution is 7.47. The first-order valence-electron chi connectivity index (χ1n) is 22.8. The number of allylic oxidation sites excluding steroid dienone is 10. The summed E-state index contributed by atoms with van der Waals surface area (Å²) in [6.07, 6.45) is 51.4. The molecular formula is C47H84NO9P. The molecule has 0 radical (unpaired) electrons. The number of hydrogen-bond acceptors (Lipinski definition) is 8. The van der Waals surface area contributed by atoms with Gasteiger partial charge in [0.1, 0.15) is 12.1 Å². The van der Waals surface area contributed by atoms with E-state index in [4.69, 9.17) is 29.4 Å². The summed E-state index contributed by atoms with van der Waals surface area (Å²) in [7, 11) is -4.62. The number of unbranched alkanes of at least 4 members (excludes halogenated alkanes) is 19. The van der Waals surface area contributed by atoms with Crippen molar-refractivity contribution < 1.29 is 42.7 Å². The lowest BCUT2D eigenvalue weighted by molar-refractivity contribution is -0.154.